The highest BCUT2D eigenvalue weighted by molar-refractivity contribution is 6.35. The molecule has 31 heavy (non-hydrogen) atoms. The maximum Gasteiger partial charge on any atom is 0.264 e. The lowest BCUT2D eigenvalue weighted by atomic mass is 10.0. The van der Waals surface area contributed by atoms with Crippen LogP contribution in [-0.4, -0.2) is 41.2 Å². The highest BCUT2D eigenvalue weighted by atomic mass is 35.5. The molecule has 1 aliphatic heterocycles. The van der Waals surface area contributed by atoms with Crippen LogP contribution in [0.5, 0.6) is 5.75 Å². The zero-order valence-corrected chi connectivity index (χ0v) is 17.8. The standard InChI is InChI=1S/C24H23ClN4O2/c25-22-9-6-18(15-29-12-10-26-11-13-29)21-14-19(7-8-20(21)22)30-16-23-27-24(28-31-23)17-4-2-1-3-5-17/h1-9,14,26H,10-13,15-16H2. The Morgan fingerprint density at radius 3 is 2.68 bits per heavy atom. The van der Waals surface area contributed by atoms with Crippen LogP contribution in [0.4, 0.5) is 0 Å². The molecule has 1 aromatic heterocycles. The number of piperazine rings is 1. The van der Waals surface area contributed by atoms with Gasteiger partial charge in [-0.3, -0.25) is 4.90 Å². The first-order valence-corrected chi connectivity index (χ1v) is 10.8. The number of ether oxygens (including phenoxy) is 1. The van der Waals surface area contributed by atoms with E-state index in [1.165, 1.54) is 5.56 Å². The largest absolute Gasteiger partial charge is 0.484 e. The summed E-state index contributed by atoms with van der Waals surface area (Å²) in [4.78, 5) is 6.89. The van der Waals surface area contributed by atoms with Gasteiger partial charge >= 0.3 is 0 Å². The van der Waals surface area contributed by atoms with Gasteiger partial charge in [0.2, 0.25) is 5.82 Å². The van der Waals surface area contributed by atoms with Crippen molar-refractivity contribution in [1.82, 2.24) is 20.4 Å². The topological polar surface area (TPSA) is 63.4 Å². The van der Waals surface area contributed by atoms with Crippen LogP contribution in [-0.2, 0) is 13.2 Å². The average Bonchev–Trinajstić information content (AvgIpc) is 3.30. The van der Waals surface area contributed by atoms with Crippen molar-refractivity contribution in [3.63, 3.8) is 0 Å². The van der Waals surface area contributed by atoms with Gasteiger partial charge in [-0.2, -0.15) is 4.98 Å². The first-order chi connectivity index (χ1) is 15.3. The number of hydrogen-bond acceptors (Lipinski definition) is 6. The summed E-state index contributed by atoms with van der Waals surface area (Å²) in [5.74, 6) is 1.74. The lowest BCUT2D eigenvalue weighted by molar-refractivity contribution is 0.234. The summed E-state index contributed by atoms with van der Waals surface area (Å²) in [7, 11) is 0. The van der Waals surface area contributed by atoms with Crippen LogP contribution in [0.15, 0.2) is 65.2 Å². The van der Waals surface area contributed by atoms with E-state index in [2.05, 4.69) is 26.4 Å². The van der Waals surface area contributed by atoms with Crippen molar-refractivity contribution in [1.29, 1.82) is 0 Å². The predicted octanol–water partition coefficient (Wildman–Crippen LogP) is 4.53. The molecule has 2 heterocycles. The molecule has 0 saturated carbocycles. The van der Waals surface area contributed by atoms with Gasteiger partial charge in [0.25, 0.3) is 5.89 Å². The molecular weight excluding hydrogens is 412 g/mol. The Kier molecular flexibility index (Phi) is 5.84. The van der Waals surface area contributed by atoms with Crippen molar-refractivity contribution >= 4 is 22.4 Å². The number of fused-ring (bicyclic) bond motifs is 1. The van der Waals surface area contributed by atoms with Gasteiger partial charge in [-0.25, -0.2) is 0 Å². The molecule has 7 heteroatoms. The van der Waals surface area contributed by atoms with Gasteiger partial charge in [-0.05, 0) is 35.2 Å². The van der Waals surface area contributed by atoms with Crippen molar-refractivity contribution in [2.24, 2.45) is 0 Å². The molecule has 0 radical (unpaired) electrons. The molecule has 0 spiro atoms. The summed E-state index contributed by atoms with van der Waals surface area (Å²) in [6.07, 6.45) is 0. The molecule has 0 atom stereocenters. The van der Waals surface area contributed by atoms with E-state index in [9.17, 15) is 0 Å². The van der Waals surface area contributed by atoms with E-state index in [0.717, 1.165) is 59.8 Å². The lowest BCUT2D eigenvalue weighted by Crippen LogP contribution is -2.42. The SMILES string of the molecule is Clc1ccc(CN2CCNCC2)c2cc(OCc3nc(-c4ccccc4)no3)ccc12. The summed E-state index contributed by atoms with van der Waals surface area (Å²) < 4.78 is 11.3. The monoisotopic (exact) mass is 434 g/mol. The van der Waals surface area contributed by atoms with E-state index in [0.29, 0.717) is 11.7 Å². The lowest BCUT2D eigenvalue weighted by Gasteiger charge is -2.27. The van der Waals surface area contributed by atoms with Crippen LogP contribution in [0.1, 0.15) is 11.5 Å². The van der Waals surface area contributed by atoms with Crippen molar-refractivity contribution in [3.05, 3.63) is 77.1 Å². The Hall–Kier alpha value is -2.93. The number of aromatic nitrogens is 2. The summed E-state index contributed by atoms with van der Waals surface area (Å²) in [5, 5.41) is 10.3. The van der Waals surface area contributed by atoms with Crippen LogP contribution in [0.3, 0.4) is 0 Å². The molecule has 1 N–H and O–H groups in total. The van der Waals surface area contributed by atoms with Gasteiger partial charge in [-0.1, -0.05) is 53.2 Å². The Labute approximate surface area is 185 Å². The third kappa shape index (κ3) is 4.56. The average molecular weight is 435 g/mol. The fourth-order valence-corrected chi connectivity index (χ4v) is 4.08. The fourth-order valence-electron chi connectivity index (χ4n) is 3.85. The van der Waals surface area contributed by atoms with Crippen LogP contribution in [0, 0.1) is 0 Å². The number of nitrogens with zero attached hydrogens (tertiary/aromatic N) is 3. The fraction of sp³-hybridized carbons (Fsp3) is 0.250. The van der Waals surface area contributed by atoms with E-state index in [1.54, 1.807) is 0 Å². The second kappa shape index (κ2) is 9.06. The quantitative estimate of drug-likeness (QED) is 0.481. The number of hydrogen-bond donors (Lipinski definition) is 1. The number of rotatable bonds is 6. The highest BCUT2D eigenvalue weighted by Crippen LogP contribution is 2.31. The summed E-state index contributed by atoms with van der Waals surface area (Å²) in [6.45, 7) is 5.23. The van der Waals surface area contributed by atoms with Gasteiger partial charge in [-0.15, -0.1) is 0 Å². The Morgan fingerprint density at radius 1 is 1.00 bits per heavy atom. The third-order valence-corrected chi connectivity index (χ3v) is 5.82. The molecule has 5 rings (SSSR count). The van der Waals surface area contributed by atoms with E-state index in [1.807, 2.05) is 54.6 Å². The van der Waals surface area contributed by atoms with Gasteiger partial charge in [0.05, 0.1) is 0 Å². The molecule has 3 aromatic carbocycles. The van der Waals surface area contributed by atoms with Gasteiger partial charge in [0, 0.05) is 48.7 Å². The molecular formula is C24H23ClN4O2. The third-order valence-electron chi connectivity index (χ3n) is 5.49. The highest BCUT2D eigenvalue weighted by Gasteiger charge is 2.14. The first-order valence-electron chi connectivity index (χ1n) is 10.4. The molecule has 0 amide bonds. The van der Waals surface area contributed by atoms with Gasteiger partial charge in [0.15, 0.2) is 6.61 Å². The summed E-state index contributed by atoms with van der Waals surface area (Å²) >= 11 is 6.46. The number of halogens is 1. The Bertz CT molecular complexity index is 1170. The molecule has 1 saturated heterocycles. The molecule has 1 fully saturated rings. The van der Waals surface area contributed by atoms with Crippen LogP contribution < -0.4 is 10.1 Å². The Balaban J connectivity index is 1.34. The van der Waals surface area contributed by atoms with E-state index >= 15 is 0 Å². The second-order valence-electron chi connectivity index (χ2n) is 7.61. The van der Waals surface area contributed by atoms with Crippen molar-refractivity contribution in [2.45, 2.75) is 13.2 Å². The van der Waals surface area contributed by atoms with Gasteiger partial charge < -0.3 is 14.6 Å². The van der Waals surface area contributed by atoms with Gasteiger partial charge in [0.1, 0.15) is 5.75 Å². The van der Waals surface area contributed by atoms with Crippen molar-refractivity contribution in [3.8, 4) is 17.1 Å². The zero-order valence-electron chi connectivity index (χ0n) is 17.1. The molecule has 4 aromatic rings. The first kappa shape index (κ1) is 20.0. The van der Waals surface area contributed by atoms with Crippen molar-refractivity contribution in [2.75, 3.05) is 26.2 Å². The summed E-state index contributed by atoms with van der Waals surface area (Å²) in [6, 6.07) is 19.8. The maximum absolute atomic E-state index is 6.46. The molecule has 0 bridgehead atoms. The van der Waals surface area contributed by atoms with E-state index in [4.69, 9.17) is 20.9 Å². The van der Waals surface area contributed by atoms with Crippen LogP contribution in [0.2, 0.25) is 5.02 Å². The summed E-state index contributed by atoms with van der Waals surface area (Å²) in [5.41, 5.74) is 2.16. The Morgan fingerprint density at radius 2 is 1.84 bits per heavy atom. The minimum absolute atomic E-state index is 0.207. The molecule has 158 valence electrons. The normalized spacial score (nSPS) is 14.7. The number of nitrogens with one attached hydrogen (secondary N) is 1. The minimum Gasteiger partial charge on any atom is -0.484 e. The maximum atomic E-state index is 6.46. The zero-order chi connectivity index (χ0) is 21.0. The van der Waals surface area contributed by atoms with Crippen LogP contribution >= 0.6 is 11.6 Å². The molecule has 1 aliphatic rings. The van der Waals surface area contributed by atoms with E-state index in [-0.39, 0.29) is 6.61 Å². The predicted molar refractivity (Wildman–Crippen MR) is 121 cm³/mol. The van der Waals surface area contributed by atoms with E-state index < -0.39 is 0 Å². The molecule has 0 aliphatic carbocycles. The van der Waals surface area contributed by atoms with Crippen LogP contribution in [0.25, 0.3) is 22.2 Å². The minimum atomic E-state index is 0.207. The molecule has 0 unspecified atom stereocenters. The smallest absolute Gasteiger partial charge is 0.264 e. The second-order valence-corrected chi connectivity index (χ2v) is 8.01. The van der Waals surface area contributed by atoms with Crippen molar-refractivity contribution < 1.29 is 9.26 Å². The molecule has 6 nitrogen and oxygen atoms in total. The number of benzene rings is 3.